The largest absolute Gasteiger partial charge is 0.396 e. The summed E-state index contributed by atoms with van der Waals surface area (Å²) in [4.78, 5) is 4.53. The van der Waals surface area contributed by atoms with Crippen LogP contribution in [0.4, 0.5) is 5.69 Å². The number of pyridine rings is 1. The third kappa shape index (κ3) is 1.89. The van der Waals surface area contributed by atoms with Crippen molar-refractivity contribution in [1.29, 1.82) is 0 Å². The molecule has 1 aromatic rings. The molecule has 0 saturated heterocycles. The van der Waals surface area contributed by atoms with Crippen LogP contribution in [0, 0.1) is 17.8 Å². The molecule has 1 saturated carbocycles. The molecule has 0 spiro atoms. The minimum Gasteiger partial charge on any atom is -0.396 e. The molecule has 16 heavy (non-hydrogen) atoms. The summed E-state index contributed by atoms with van der Waals surface area (Å²) < 4.78 is 5.37. The number of rotatable bonds is 0. The molecule has 1 aromatic heterocycles. The molecule has 82 valence electrons. The fraction of sp³-hybridized carbons (Fsp3) is 0.462. The molecule has 0 unspecified atom stereocenters. The van der Waals surface area contributed by atoms with E-state index in [-0.39, 0.29) is 0 Å². The third-order valence-electron chi connectivity index (χ3n) is 2.93. The van der Waals surface area contributed by atoms with Crippen molar-refractivity contribution in [1.82, 2.24) is 4.98 Å². The number of fused-ring (bicyclic) bond motifs is 1. The second-order valence-electron chi connectivity index (χ2n) is 4.38. The van der Waals surface area contributed by atoms with Gasteiger partial charge in [-0.15, -0.1) is 0 Å². The summed E-state index contributed by atoms with van der Waals surface area (Å²) in [7, 11) is 0. The van der Waals surface area contributed by atoms with E-state index < -0.39 is 0 Å². The van der Waals surface area contributed by atoms with Crippen LogP contribution in [0.5, 0.6) is 0 Å². The van der Waals surface area contributed by atoms with E-state index in [0.29, 0.717) is 18.2 Å². The number of hydrogen-bond donors (Lipinski definition) is 1. The van der Waals surface area contributed by atoms with Crippen LogP contribution in [0.1, 0.15) is 29.8 Å². The first-order chi connectivity index (χ1) is 7.83. The molecule has 3 rings (SSSR count). The molecule has 0 atom stereocenters. The second kappa shape index (κ2) is 3.80. The summed E-state index contributed by atoms with van der Waals surface area (Å²) in [5, 5.41) is 0. The van der Waals surface area contributed by atoms with Crippen molar-refractivity contribution in [2.75, 3.05) is 12.3 Å². The van der Waals surface area contributed by atoms with Crippen LogP contribution in [0.2, 0.25) is 0 Å². The Bertz CT molecular complexity index is 481. The molecule has 3 nitrogen and oxygen atoms in total. The Morgan fingerprint density at radius 2 is 2.31 bits per heavy atom. The number of anilines is 1. The summed E-state index contributed by atoms with van der Waals surface area (Å²) in [6.07, 6.45) is 3.32. The summed E-state index contributed by atoms with van der Waals surface area (Å²) >= 11 is 0. The first-order valence-electron chi connectivity index (χ1n) is 5.70. The van der Waals surface area contributed by atoms with Gasteiger partial charge in [-0.2, -0.15) is 0 Å². The third-order valence-corrected chi connectivity index (χ3v) is 2.93. The number of nitrogen functional groups attached to an aromatic ring is 1. The standard InChI is InChI=1S/C13H14N2O/c14-11-7-10-8-16-6-5-12(10)15-13(11)4-3-9-1-2-9/h7,9H,1-2,5-6,8,14H2. The van der Waals surface area contributed by atoms with Gasteiger partial charge in [0.15, 0.2) is 0 Å². The van der Waals surface area contributed by atoms with Gasteiger partial charge in [-0.05, 0) is 24.8 Å². The van der Waals surface area contributed by atoms with Crippen molar-refractivity contribution >= 4 is 5.69 Å². The molecule has 0 bridgehead atoms. The summed E-state index contributed by atoms with van der Waals surface area (Å²) in [5.41, 5.74) is 9.56. The predicted molar refractivity (Wildman–Crippen MR) is 61.6 cm³/mol. The molecular weight excluding hydrogens is 200 g/mol. The van der Waals surface area contributed by atoms with Gasteiger partial charge in [0, 0.05) is 23.6 Å². The molecule has 2 aliphatic rings. The maximum absolute atomic E-state index is 5.93. The molecule has 2 heterocycles. The zero-order valence-corrected chi connectivity index (χ0v) is 9.12. The van der Waals surface area contributed by atoms with Crippen molar-refractivity contribution in [3.63, 3.8) is 0 Å². The number of ether oxygens (including phenoxy) is 1. The van der Waals surface area contributed by atoms with Crippen molar-refractivity contribution in [2.24, 2.45) is 5.92 Å². The lowest BCUT2D eigenvalue weighted by atomic mass is 10.1. The number of aromatic nitrogens is 1. The number of hydrogen-bond acceptors (Lipinski definition) is 3. The van der Waals surface area contributed by atoms with Gasteiger partial charge < -0.3 is 10.5 Å². The number of nitrogens with zero attached hydrogens (tertiary/aromatic N) is 1. The quantitative estimate of drug-likeness (QED) is 0.666. The lowest BCUT2D eigenvalue weighted by molar-refractivity contribution is 0.109. The van der Waals surface area contributed by atoms with Crippen LogP contribution < -0.4 is 5.73 Å². The Morgan fingerprint density at radius 1 is 1.44 bits per heavy atom. The van der Waals surface area contributed by atoms with E-state index in [9.17, 15) is 0 Å². The van der Waals surface area contributed by atoms with E-state index in [0.717, 1.165) is 30.0 Å². The Hall–Kier alpha value is -1.53. The molecule has 1 aliphatic heterocycles. The average Bonchev–Trinajstić information content (AvgIpc) is 3.10. The highest BCUT2D eigenvalue weighted by molar-refractivity contribution is 5.54. The fourth-order valence-corrected chi connectivity index (χ4v) is 1.80. The normalized spacial score (nSPS) is 18.5. The van der Waals surface area contributed by atoms with Crippen molar-refractivity contribution in [2.45, 2.75) is 25.9 Å². The lowest BCUT2D eigenvalue weighted by Crippen LogP contribution is -2.13. The maximum Gasteiger partial charge on any atom is 0.136 e. The molecule has 0 amide bonds. The smallest absolute Gasteiger partial charge is 0.136 e. The molecule has 0 aromatic carbocycles. The SMILES string of the molecule is Nc1cc2c(nc1C#CC1CC1)CCOC2. The highest BCUT2D eigenvalue weighted by atomic mass is 16.5. The molecule has 1 fully saturated rings. The zero-order chi connectivity index (χ0) is 11.0. The highest BCUT2D eigenvalue weighted by Crippen LogP contribution is 2.28. The molecule has 2 N–H and O–H groups in total. The molecule has 0 radical (unpaired) electrons. The van der Waals surface area contributed by atoms with Gasteiger partial charge in [0.05, 0.1) is 18.9 Å². The monoisotopic (exact) mass is 214 g/mol. The van der Waals surface area contributed by atoms with E-state index in [1.807, 2.05) is 6.07 Å². The van der Waals surface area contributed by atoms with Crippen molar-refractivity contribution in [3.8, 4) is 11.8 Å². The van der Waals surface area contributed by atoms with Crippen molar-refractivity contribution < 1.29 is 4.74 Å². The summed E-state index contributed by atoms with van der Waals surface area (Å²) in [5.74, 6) is 6.88. The first kappa shape index (κ1) is 9.68. The Kier molecular flexibility index (Phi) is 2.30. The lowest BCUT2D eigenvalue weighted by Gasteiger charge is -2.16. The summed E-state index contributed by atoms with van der Waals surface area (Å²) in [6, 6.07) is 1.96. The van der Waals surface area contributed by atoms with Gasteiger partial charge in [0.25, 0.3) is 0 Å². The van der Waals surface area contributed by atoms with E-state index in [2.05, 4.69) is 16.8 Å². The Labute approximate surface area is 95.0 Å². The molecular formula is C13H14N2O. The van der Waals surface area contributed by atoms with Crippen LogP contribution in [0.25, 0.3) is 0 Å². The van der Waals surface area contributed by atoms with Gasteiger partial charge in [-0.25, -0.2) is 4.98 Å². The van der Waals surface area contributed by atoms with Gasteiger partial charge in [0.2, 0.25) is 0 Å². The van der Waals surface area contributed by atoms with Gasteiger partial charge in [-0.3, -0.25) is 0 Å². The average molecular weight is 214 g/mol. The van der Waals surface area contributed by atoms with Crippen LogP contribution >= 0.6 is 0 Å². The topological polar surface area (TPSA) is 48.1 Å². The van der Waals surface area contributed by atoms with Gasteiger partial charge in [-0.1, -0.05) is 5.92 Å². The van der Waals surface area contributed by atoms with Gasteiger partial charge >= 0.3 is 0 Å². The fourth-order valence-electron chi connectivity index (χ4n) is 1.80. The first-order valence-corrected chi connectivity index (χ1v) is 5.70. The van der Waals surface area contributed by atoms with Crippen LogP contribution in [-0.4, -0.2) is 11.6 Å². The minimum atomic E-state index is 0.584. The Balaban J connectivity index is 1.95. The predicted octanol–water partition coefficient (Wildman–Crippen LogP) is 1.50. The summed E-state index contributed by atoms with van der Waals surface area (Å²) in [6.45, 7) is 1.38. The van der Waals surface area contributed by atoms with Crippen LogP contribution in [0.3, 0.4) is 0 Å². The van der Waals surface area contributed by atoms with E-state index in [4.69, 9.17) is 10.5 Å². The van der Waals surface area contributed by atoms with Crippen molar-refractivity contribution in [3.05, 3.63) is 23.0 Å². The Morgan fingerprint density at radius 3 is 3.12 bits per heavy atom. The zero-order valence-electron chi connectivity index (χ0n) is 9.12. The maximum atomic E-state index is 5.93. The minimum absolute atomic E-state index is 0.584. The highest BCUT2D eigenvalue weighted by Gasteiger charge is 2.18. The van der Waals surface area contributed by atoms with E-state index >= 15 is 0 Å². The number of nitrogens with two attached hydrogens (primary N) is 1. The van der Waals surface area contributed by atoms with Gasteiger partial charge in [0.1, 0.15) is 5.69 Å². The second-order valence-corrected chi connectivity index (χ2v) is 4.38. The van der Waals surface area contributed by atoms with Crippen LogP contribution in [-0.2, 0) is 17.8 Å². The molecule has 3 heteroatoms. The van der Waals surface area contributed by atoms with E-state index in [1.54, 1.807) is 0 Å². The molecule has 1 aliphatic carbocycles. The van der Waals surface area contributed by atoms with Crippen LogP contribution in [0.15, 0.2) is 6.07 Å². The van der Waals surface area contributed by atoms with E-state index in [1.165, 1.54) is 12.8 Å².